The van der Waals surface area contributed by atoms with Crippen LogP contribution < -0.4 is 5.32 Å². The molecule has 4 nitrogen and oxygen atoms in total. The molecule has 0 saturated carbocycles. The molecule has 0 bridgehead atoms. The average Bonchev–Trinajstić information content (AvgIpc) is 2.94. The number of pyridine rings is 1. The average molecular weight is 350 g/mol. The van der Waals surface area contributed by atoms with Crippen molar-refractivity contribution >= 4 is 16.9 Å². The molecule has 1 unspecified atom stereocenters. The van der Waals surface area contributed by atoms with E-state index < -0.39 is 0 Å². The van der Waals surface area contributed by atoms with Gasteiger partial charge in [0.1, 0.15) is 5.58 Å². The molecule has 0 fully saturated rings. The molecule has 136 valence electrons. The van der Waals surface area contributed by atoms with Crippen molar-refractivity contribution in [3.05, 3.63) is 64.7 Å². The van der Waals surface area contributed by atoms with Gasteiger partial charge in [-0.05, 0) is 56.5 Å². The minimum atomic E-state index is -0.170. The van der Waals surface area contributed by atoms with Gasteiger partial charge in [0.2, 0.25) is 0 Å². The van der Waals surface area contributed by atoms with Crippen LogP contribution in [0.1, 0.15) is 53.2 Å². The van der Waals surface area contributed by atoms with E-state index in [4.69, 9.17) is 4.42 Å². The van der Waals surface area contributed by atoms with E-state index in [9.17, 15) is 4.79 Å². The summed E-state index contributed by atoms with van der Waals surface area (Å²) < 4.78 is 5.84. The predicted molar refractivity (Wildman–Crippen MR) is 105 cm³/mol. The molecular formula is C22H26N2O2. The van der Waals surface area contributed by atoms with E-state index in [2.05, 4.69) is 29.4 Å². The molecule has 2 heterocycles. The van der Waals surface area contributed by atoms with Crippen LogP contribution in [-0.2, 0) is 12.8 Å². The lowest BCUT2D eigenvalue weighted by atomic mass is 10.1. The topological polar surface area (TPSA) is 55.1 Å². The van der Waals surface area contributed by atoms with Gasteiger partial charge in [-0.25, -0.2) is 0 Å². The van der Waals surface area contributed by atoms with Gasteiger partial charge in [-0.3, -0.25) is 9.78 Å². The molecule has 2 aromatic heterocycles. The van der Waals surface area contributed by atoms with E-state index in [1.165, 1.54) is 5.56 Å². The number of aromatic nitrogens is 1. The van der Waals surface area contributed by atoms with E-state index in [1.807, 2.05) is 39.0 Å². The van der Waals surface area contributed by atoms with Crippen LogP contribution >= 0.6 is 0 Å². The van der Waals surface area contributed by atoms with Crippen LogP contribution in [0.5, 0.6) is 0 Å². The van der Waals surface area contributed by atoms with Gasteiger partial charge >= 0.3 is 0 Å². The van der Waals surface area contributed by atoms with Crippen molar-refractivity contribution in [2.24, 2.45) is 0 Å². The second-order valence-corrected chi connectivity index (χ2v) is 6.98. The van der Waals surface area contributed by atoms with Gasteiger partial charge in [0, 0.05) is 35.3 Å². The maximum Gasteiger partial charge on any atom is 0.287 e. The number of benzene rings is 1. The van der Waals surface area contributed by atoms with E-state index in [0.29, 0.717) is 12.2 Å². The number of carbonyl (C=O) groups is 1. The van der Waals surface area contributed by atoms with Crippen molar-refractivity contribution < 1.29 is 9.21 Å². The summed E-state index contributed by atoms with van der Waals surface area (Å²) in [4.78, 5) is 17.1. The zero-order valence-electron chi connectivity index (χ0n) is 15.9. The summed E-state index contributed by atoms with van der Waals surface area (Å²) in [6.45, 7) is 8.14. The fourth-order valence-corrected chi connectivity index (χ4v) is 3.29. The lowest BCUT2D eigenvalue weighted by Crippen LogP contribution is -2.34. The van der Waals surface area contributed by atoms with Crippen LogP contribution in [0.15, 0.2) is 40.9 Å². The number of rotatable bonds is 6. The summed E-state index contributed by atoms with van der Waals surface area (Å²) in [5.41, 5.74) is 5.08. The Morgan fingerprint density at radius 1 is 1.27 bits per heavy atom. The molecule has 3 aromatic rings. The first-order valence-electron chi connectivity index (χ1n) is 9.23. The van der Waals surface area contributed by atoms with Crippen LogP contribution in [0.3, 0.4) is 0 Å². The molecule has 3 rings (SSSR count). The van der Waals surface area contributed by atoms with Gasteiger partial charge in [-0.1, -0.05) is 25.5 Å². The number of aryl methyl sites for hydroxylation is 3. The largest absolute Gasteiger partial charge is 0.451 e. The van der Waals surface area contributed by atoms with E-state index in [0.717, 1.165) is 40.6 Å². The Morgan fingerprint density at radius 2 is 2.08 bits per heavy atom. The van der Waals surface area contributed by atoms with Gasteiger partial charge < -0.3 is 9.73 Å². The number of furan rings is 1. The number of carbonyl (C=O) groups excluding carboxylic acids is 1. The van der Waals surface area contributed by atoms with Gasteiger partial charge in [0.05, 0.1) is 0 Å². The third kappa shape index (κ3) is 3.79. The van der Waals surface area contributed by atoms with Crippen molar-refractivity contribution in [2.75, 3.05) is 0 Å². The number of hydrogen-bond acceptors (Lipinski definition) is 3. The highest BCUT2D eigenvalue weighted by Crippen LogP contribution is 2.27. The highest BCUT2D eigenvalue weighted by atomic mass is 16.3. The fraction of sp³-hybridized carbons (Fsp3) is 0.364. The molecule has 1 atom stereocenters. The van der Waals surface area contributed by atoms with Gasteiger partial charge in [-0.2, -0.15) is 0 Å². The molecule has 0 aliphatic rings. The molecule has 26 heavy (non-hydrogen) atoms. The van der Waals surface area contributed by atoms with Crippen molar-refractivity contribution in [3.8, 4) is 0 Å². The monoisotopic (exact) mass is 350 g/mol. The zero-order valence-corrected chi connectivity index (χ0v) is 15.9. The molecular weight excluding hydrogens is 324 g/mol. The molecule has 0 radical (unpaired) electrons. The summed E-state index contributed by atoms with van der Waals surface area (Å²) in [6.07, 6.45) is 4.61. The molecule has 0 aliphatic carbocycles. The Balaban J connectivity index is 1.77. The Hall–Kier alpha value is -2.62. The SMILES string of the molecule is CCCc1ccc2oc(C(=O)NC(C)Cc3ncccc3C)c(C)c2c1. The third-order valence-corrected chi connectivity index (χ3v) is 4.74. The first kappa shape index (κ1) is 18.2. The predicted octanol–water partition coefficient (Wildman–Crippen LogP) is 4.76. The summed E-state index contributed by atoms with van der Waals surface area (Å²) in [6, 6.07) is 10.1. The van der Waals surface area contributed by atoms with Crippen molar-refractivity contribution in [1.82, 2.24) is 10.3 Å². The maximum atomic E-state index is 12.7. The van der Waals surface area contributed by atoms with Crippen molar-refractivity contribution in [1.29, 1.82) is 0 Å². The first-order chi connectivity index (χ1) is 12.5. The van der Waals surface area contributed by atoms with E-state index >= 15 is 0 Å². The summed E-state index contributed by atoms with van der Waals surface area (Å²) in [5, 5.41) is 4.06. The lowest BCUT2D eigenvalue weighted by Gasteiger charge is -2.14. The Morgan fingerprint density at radius 3 is 2.81 bits per heavy atom. The second kappa shape index (κ2) is 7.73. The highest BCUT2D eigenvalue weighted by molar-refractivity contribution is 5.99. The molecule has 0 aliphatic heterocycles. The highest BCUT2D eigenvalue weighted by Gasteiger charge is 2.20. The van der Waals surface area contributed by atoms with Crippen LogP contribution in [0.2, 0.25) is 0 Å². The van der Waals surface area contributed by atoms with Crippen LogP contribution in [0.25, 0.3) is 11.0 Å². The Labute approximate surface area is 154 Å². The molecule has 1 N–H and O–H groups in total. The quantitative estimate of drug-likeness (QED) is 0.697. The smallest absolute Gasteiger partial charge is 0.287 e. The van der Waals surface area contributed by atoms with Gasteiger partial charge in [0.25, 0.3) is 5.91 Å². The number of nitrogens with one attached hydrogen (secondary N) is 1. The number of nitrogens with zero attached hydrogens (tertiary/aromatic N) is 1. The molecule has 1 aromatic carbocycles. The minimum absolute atomic E-state index is 0.0284. The second-order valence-electron chi connectivity index (χ2n) is 6.98. The Kier molecular flexibility index (Phi) is 5.40. The summed E-state index contributed by atoms with van der Waals surface area (Å²) in [7, 11) is 0. The lowest BCUT2D eigenvalue weighted by molar-refractivity contribution is 0.0913. The molecule has 0 spiro atoms. The molecule has 4 heteroatoms. The molecule has 0 saturated heterocycles. The van der Waals surface area contributed by atoms with Crippen LogP contribution in [-0.4, -0.2) is 16.9 Å². The normalized spacial score (nSPS) is 12.3. The van der Waals surface area contributed by atoms with E-state index in [1.54, 1.807) is 6.20 Å². The van der Waals surface area contributed by atoms with Gasteiger partial charge in [0.15, 0.2) is 5.76 Å². The number of fused-ring (bicyclic) bond motifs is 1. The number of hydrogen-bond donors (Lipinski definition) is 1. The van der Waals surface area contributed by atoms with Gasteiger partial charge in [-0.15, -0.1) is 0 Å². The standard InChI is InChI=1S/C22H26N2O2/c1-5-7-17-9-10-20-18(13-17)16(4)21(26-20)22(25)24-15(3)12-19-14(2)8-6-11-23-19/h6,8-11,13,15H,5,7,12H2,1-4H3,(H,24,25). The summed E-state index contributed by atoms with van der Waals surface area (Å²) >= 11 is 0. The molecule has 1 amide bonds. The first-order valence-corrected chi connectivity index (χ1v) is 9.23. The maximum absolute atomic E-state index is 12.7. The Bertz CT molecular complexity index is 927. The zero-order chi connectivity index (χ0) is 18.7. The third-order valence-electron chi connectivity index (χ3n) is 4.74. The van der Waals surface area contributed by atoms with Crippen LogP contribution in [0, 0.1) is 13.8 Å². The van der Waals surface area contributed by atoms with Crippen LogP contribution in [0.4, 0.5) is 0 Å². The van der Waals surface area contributed by atoms with E-state index in [-0.39, 0.29) is 11.9 Å². The van der Waals surface area contributed by atoms with Crippen molar-refractivity contribution in [3.63, 3.8) is 0 Å². The fourth-order valence-electron chi connectivity index (χ4n) is 3.29. The van der Waals surface area contributed by atoms with Crippen molar-refractivity contribution in [2.45, 2.75) is 53.0 Å². The number of amides is 1. The summed E-state index contributed by atoms with van der Waals surface area (Å²) in [5.74, 6) is 0.232. The minimum Gasteiger partial charge on any atom is -0.451 e.